The molecule has 0 aliphatic rings. The van der Waals surface area contributed by atoms with Crippen molar-refractivity contribution < 1.29 is 9.90 Å². The molecule has 0 saturated carbocycles. The van der Waals surface area contributed by atoms with Crippen molar-refractivity contribution in [1.29, 1.82) is 0 Å². The van der Waals surface area contributed by atoms with Crippen LogP contribution in [0.3, 0.4) is 0 Å². The number of halogens is 1. The molecule has 0 fully saturated rings. The fraction of sp³-hybridized carbons (Fsp3) is 0.900. The van der Waals surface area contributed by atoms with Crippen LogP contribution in [0.2, 0.25) is 0 Å². The van der Waals surface area contributed by atoms with E-state index >= 15 is 0 Å². The second kappa shape index (κ2) is 4.97. The second-order valence-corrected chi connectivity index (χ2v) is 4.67. The summed E-state index contributed by atoms with van der Waals surface area (Å²) in [5.74, 6) is 0.517. The van der Waals surface area contributed by atoms with Gasteiger partial charge >= 0.3 is 0 Å². The first-order valence-corrected chi connectivity index (χ1v) is 5.10. The Morgan fingerprint density at radius 1 is 1.46 bits per heavy atom. The van der Waals surface area contributed by atoms with E-state index in [4.69, 9.17) is 11.6 Å². The van der Waals surface area contributed by atoms with Gasteiger partial charge in [0.25, 0.3) is 0 Å². The maximum Gasteiger partial charge on any atom is 0.148 e. The van der Waals surface area contributed by atoms with Crippen molar-refractivity contribution in [2.75, 3.05) is 5.88 Å². The van der Waals surface area contributed by atoms with Crippen molar-refractivity contribution in [2.24, 2.45) is 17.3 Å². The van der Waals surface area contributed by atoms with Crippen LogP contribution in [0.1, 0.15) is 27.7 Å². The van der Waals surface area contributed by atoms with Gasteiger partial charge in [-0.15, -0.1) is 11.6 Å². The standard InChI is InChI=1S/C10H19ClO2/c1-7(2)10(3,4)8(5-11)9(13)6-12/h6-9,13H,5H2,1-4H3. The van der Waals surface area contributed by atoms with Gasteiger partial charge in [0.15, 0.2) is 0 Å². The summed E-state index contributed by atoms with van der Waals surface area (Å²) in [5.41, 5.74) is -0.123. The minimum absolute atomic E-state index is 0.123. The molecule has 0 aliphatic heterocycles. The van der Waals surface area contributed by atoms with E-state index in [0.717, 1.165) is 0 Å². The number of rotatable bonds is 5. The van der Waals surface area contributed by atoms with E-state index in [-0.39, 0.29) is 11.3 Å². The zero-order chi connectivity index (χ0) is 10.6. The van der Waals surface area contributed by atoms with Gasteiger partial charge in [0.2, 0.25) is 0 Å². The highest BCUT2D eigenvalue weighted by Gasteiger charge is 2.36. The van der Waals surface area contributed by atoms with Crippen molar-refractivity contribution in [3.63, 3.8) is 0 Å². The highest BCUT2D eigenvalue weighted by atomic mass is 35.5. The molecular formula is C10H19ClO2. The zero-order valence-electron chi connectivity index (χ0n) is 8.75. The van der Waals surface area contributed by atoms with Crippen LogP contribution in [-0.2, 0) is 4.79 Å². The predicted octanol–water partition coefficient (Wildman–Crippen LogP) is 2.08. The molecule has 0 bridgehead atoms. The number of alkyl halides is 1. The molecule has 0 saturated heterocycles. The molecule has 2 nitrogen and oxygen atoms in total. The lowest BCUT2D eigenvalue weighted by molar-refractivity contribution is -0.120. The van der Waals surface area contributed by atoms with Crippen LogP contribution in [0.15, 0.2) is 0 Å². The van der Waals surface area contributed by atoms with Crippen LogP contribution >= 0.6 is 11.6 Å². The topological polar surface area (TPSA) is 37.3 Å². The fourth-order valence-electron chi connectivity index (χ4n) is 1.25. The quantitative estimate of drug-likeness (QED) is 0.553. The Kier molecular flexibility index (Phi) is 4.93. The molecule has 0 amide bonds. The third-order valence-electron chi connectivity index (χ3n) is 3.16. The van der Waals surface area contributed by atoms with Crippen LogP contribution in [0.4, 0.5) is 0 Å². The first-order valence-electron chi connectivity index (χ1n) is 4.57. The molecule has 0 aromatic rings. The average molecular weight is 207 g/mol. The van der Waals surface area contributed by atoms with Gasteiger partial charge in [-0.1, -0.05) is 27.7 Å². The molecule has 3 heteroatoms. The minimum atomic E-state index is -0.949. The third kappa shape index (κ3) is 2.96. The van der Waals surface area contributed by atoms with Crippen molar-refractivity contribution in [3.8, 4) is 0 Å². The number of hydrogen-bond donors (Lipinski definition) is 1. The lowest BCUT2D eigenvalue weighted by Crippen LogP contribution is -2.39. The second-order valence-electron chi connectivity index (χ2n) is 4.36. The summed E-state index contributed by atoms with van der Waals surface area (Å²) in [7, 11) is 0. The summed E-state index contributed by atoms with van der Waals surface area (Å²) in [6.45, 7) is 8.18. The van der Waals surface area contributed by atoms with Crippen LogP contribution in [0.25, 0.3) is 0 Å². The Hall–Kier alpha value is -0.0800. The molecule has 0 radical (unpaired) electrons. The van der Waals surface area contributed by atoms with Crippen molar-refractivity contribution in [1.82, 2.24) is 0 Å². The van der Waals surface area contributed by atoms with Crippen LogP contribution in [0.5, 0.6) is 0 Å². The van der Waals surface area contributed by atoms with E-state index in [2.05, 4.69) is 13.8 Å². The highest BCUT2D eigenvalue weighted by molar-refractivity contribution is 6.18. The first kappa shape index (κ1) is 12.9. The van der Waals surface area contributed by atoms with E-state index in [0.29, 0.717) is 18.1 Å². The molecule has 2 atom stereocenters. The van der Waals surface area contributed by atoms with E-state index in [1.165, 1.54) is 0 Å². The van der Waals surface area contributed by atoms with Crippen LogP contribution < -0.4 is 0 Å². The molecule has 0 aromatic heterocycles. The molecule has 0 rings (SSSR count). The molecule has 0 aromatic carbocycles. The fourth-order valence-corrected chi connectivity index (χ4v) is 1.83. The molecule has 0 spiro atoms. The molecule has 13 heavy (non-hydrogen) atoms. The molecule has 78 valence electrons. The number of aliphatic hydroxyl groups excluding tert-OH is 1. The van der Waals surface area contributed by atoms with E-state index in [1.807, 2.05) is 13.8 Å². The van der Waals surface area contributed by atoms with Crippen molar-refractivity contribution in [2.45, 2.75) is 33.8 Å². The Labute approximate surface area is 85.3 Å². The molecule has 1 N–H and O–H groups in total. The van der Waals surface area contributed by atoms with Gasteiger partial charge < -0.3 is 9.90 Å². The Morgan fingerprint density at radius 3 is 2.15 bits per heavy atom. The maximum absolute atomic E-state index is 10.5. The highest BCUT2D eigenvalue weighted by Crippen LogP contribution is 2.37. The van der Waals surface area contributed by atoms with Gasteiger partial charge in [0.05, 0.1) is 0 Å². The van der Waals surface area contributed by atoms with Gasteiger partial charge in [-0.2, -0.15) is 0 Å². The molecule has 0 heterocycles. The van der Waals surface area contributed by atoms with Gasteiger partial charge in [-0.05, 0) is 11.3 Å². The van der Waals surface area contributed by atoms with Crippen LogP contribution in [0, 0.1) is 17.3 Å². The van der Waals surface area contributed by atoms with Crippen LogP contribution in [-0.4, -0.2) is 23.4 Å². The molecule has 2 unspecified atom stereocenters. The SMILES string of the molecule is CC(C)C(C)(C)C(CCl)C(O)C=O. The number of carbonyl (C=O) groups excluding carboxylic acids is 1. The Morgan fingerprint density at radius 2 is 1.92 bits per heavy atom. The summed E-state index contributed by atoms with van der Waals surface area (Å²) in [6.07, 6.45) is -0.383. The van der Waals surface area contributed by atoms with Gasteiger partial charge in [0.1, 0.15) is 12.4 Å². The summed E-state index contributed by atoms with van der Waals surface area (Å²) < 4.78 is 0. The zero-order valence-corrected chi connectivity index (χ0v) is 9.51. The van der Waals surface area contributed by atoms with Crippen molar-refractivity contribution >= 4 is 17.9 Å². The number of hydrogen-bond acceptors (Lipinski definition) is 2. The first-order chi connectivity index (χ1) is 5.87. The molecular weight excluding hydrogens is 188 g/mol. The van der Waals surface area contributed by atoms with Gasteiger partial charge in [-0.3, -0.25) is 0 Å². The van der Waals surface area contributed by atoms with E-state index in [1.54, 1.807) is 0 Å². The largest absolute Gasteiger partial charge is 0.385 e. The van der Waals surface area contributed by atoms with E-state index in [9.17, 15) is 9.90 Å². The minimum Gasteiger partial charge on any atom is -0.385 e. The van der Waals surface area contributed by atoms with Gasteiger partial charge in [-0.25, -0.2) is 0 Å². The Bertz CT molecular complexity index is 166. The predicted molar refractivity (Wildman–Crippen MR) is 54.9 cm³/mol. The van der Waals surface area contributed by atoms with Gasteiger partial charge in [0, 0.05) is 11.8 Å². The summed E-state index contributed by atoms with van der Waals surface area (Å²) in [5, 5.41) is 9.45. The number of carbonyl (C=O) groups is 1. The maximum atomic E-state index is 10.5. The smallest absolute Gasteiger partial charge is 0.148 e. The monoisotopic (exact) mass is 206 g/mol. The lowest BCUT2D eigenvalue weighted by atomic mass is 9.69. The Balaban J connectivity index is 4.64. The number of aldehydes is 1. The molecule has 0 aliphatic carbocycles. The van der Waals surface area contributed by atoms with Crippen molar-refractivity contribution in [3.05, 3.63) is 0 Å². The number of aliphatic hydroxyl groups is 1. The third-order valence-corrected chi connectivity index (χ3v) is 3.49. The summed E-state index contributed by atoms with van der Waals surface area (Å²) >= 11 is 5.75. The summed E-state index contributed by atoms with van der Waals surface area (Å²) in [4.78, 5) is 10.5. The summed E-state index contributed by atoms with van der Waals surface area (Å²) in [6, 6.07) is 0. The van der Waals surface area contributed by atoms with E-state index < -0.39 is 6.10 Å². The lowest BCUT2D eigenvalue weighted by Gasteiger charge is -2.38. The average Bonchev–Trinajstić information content (AvgIpc) is 2.04. The normalized spacial score (nSPS) is 17.2.